The highest BCUT2D eigenvalue weighted by Crippen LogP contribution is 2.43. The lowest BCUT2D eigenvalue weighted by atomic mass is 9.81. The van der Waals surface area contributed by atoms with Gasteiger partial charge in [-0.3, -0.25) is 14.5 Å². The summed E-state index contributed by atoms with van der Waals surface area (Å²) in [7, 11) is 2.25. The number of anilines is 1. The monoisotopic (exact) mass is 626 g/mol. The van der Waals surface area contributed by atoms with Crippen LogP contribution >= 0.6 is 0 Å². The molecule has 2 aromatic carbocycles. The maximum Gasteiger partial charge on any atom is 0.355 e. The molecule has 3 heterocycles. The maximum absolute atomic E-state index is 13.3. The Morgan fingerprint density at radius 1 is 1.00 bits per heavy atom. The van der Waals surface area contributed by atoms with Crippen molar-refractivity contribution in [1.82, 2.24) is 5.06 Å². The molecule has 46 heavy (non-hydrogen) atoms. The van der Waals surface area contributed by atoms with E-state index in [9.17, 15) is 34.0 Å². The maximum atomic E-state index is 13.3. The van der Waals surface area contributed by atoms with E-state index in [1.54, 1.807) is 37.3 Å². The Morgan fingerprint density at radius 3 is 2.26 bits per heavy atom. The molecule has 0 saturated carbocycles. The number of hydroxylamine groups is 2. The lowest BCUT2D eigenvalue weighted by Crippen LogP contribution is -2.40. The molecule has 0 spiro atoms. The number of methoxy groups -OCH3 is 2. The summed E-state index contributed by atoms with van der Waals surface area (Å²) in [5.41, 5.74) is 5.99. The van der Waals surface area contributed by atoms with E-state index in [-0.39, 0.29) is 52.3 Å². The molecule has 0 bridgehead atoms. The van der Waals surface area contributed by atoms with Crippen LogP contribution in [0.5, 0.6) is 0 Å². The second-order valence-corrected chi connectivity index (χ2v) is 10.2. The zero-order chi connectivity index (χ0) is 33.3. The first kappa shape index (κ1) is 31.2. The van der Waals surface area contributed by atoms with Crippen molar-refractivity contribution in [1.29, 1.82) is 5.26 Å². The average molecular weight is 627 g/mol. The van der Waals surface area contributed by atoms with Gasteiger partial charge in [0.15, 0.2) is 0 Å². The number of aryl methyl sites for hydroxylation is 1. The summed E-state index contributed by atoms with van der Waals surface area (Å²) in [5.74, 6) is -5.46. The molecule has 1 fully saturated rings. The summed E-state index contributed by atoms with van der Waals surface area (Å²) in [4.78, 5) is 81.9. The van der Waals surface area contributed by atoms with Gasteiger partial charge < -0.3 is 24.5 Å². The van der Waals surface area contributed by atoms with Crippen LogP contribution in [0, 0.1) is 18.3 Å². The van der Waals surface area contributed by atoms with Gasteiger partial charge >= 0.3 is 23.5 Å². The molecule has 1 atom stereocenters. The van der Waals surface area contributed by atoms with Crippen LogP contribution in [0.2, 0.25) is 0 Å². The zero-order valence-corrected chi connectivity index (χ0v) is 24.8. The molecule has 0 aliphatic carbocycles. The Morgan fingerprint density at radius 2 is 1.65 bits per heavy atom. The number of fused-ring (bicyclic) bond motifs is 1. The molecule has 1 saturated heterocycles. The van der Waals surface area contributed by atoms with Crippen molar-refractivity contribution in [2.75, 3.05) is 19.1 Å². The Bertz CT molecular complexity index is 1970. The third-order valence-corrected chi connectivity index (χ3v) is 7.66. The Hall–Kier alpha value is -6.23. The number of esters is 2. The SMILES string of the molecule is COC(=O)C1=C(C(=O)OC)N(c2ccc3c(C)c(CC(=O)ON4C(=O)CCC4=O)c(=O)oc3c2)C(N)=C(C#N)C1c1ccccc1. The zero-order valence-electron chi connectivity index (χ0n) is 24.8. The van der Waals surface area contributed by atoms with E-state index in [1.807, 2.05) is 0 Å². The van der Waals surface area contributed by atoms with Crippen molar-refractivity contribution in [3.63, 3.8) is 0 Å². The summed E-state index contributed by atoms with van der Waals surface area (Å²) in [5, 5.41) is 11.0. The van der Waals surface area contributed by atoms with Gasteiger partial charge in [-0.25, -0.2) is 19.2 Å². The predicted molar refractivity (Wildman–Crippen MR) is 158 cm³/mol. The topological polar surface area (TPSA) is 200 Å². The molecule has 3 aromatic rings. The van der Waals surface area contributed by atoms with Gasteiger partial charge in [0.25, 0.3) is 11.8 Å². The second-order valence-electron chi connectivity index (χ2n) is 10.2. The smallest absolute Gasteiger partial charge is 0.355 e. The summed E-state index contributed by atoms with van der Waals surface area (Å²) in [6.45, 7) is 1.57. The van der Waals surface area contributed by atoms with Crippen molar-refractivity contribution in [2.24, 2.45) is 5.73 Å². The van der Waals surface area contributed by atoms with Crippen LogP contribution in [0.4, 0.5) is 5.69 Å². The van der Waals surface area contributed by atoms with Gasteiger partial charge in [-0.2, -0.15) is 5.26 Å². The van der Waals surface area contributed by atoms with Crippen LogP contribution < -0.4 is 16.3 Å². The van der Waals surface area contributed by atoms with Crippen molar-refractivity contribution in [3.05, 3.63) is 98.3 Å². The highest BCUT2D eigenvalue weighted by molar-refractivity contribution is 6.07. The number of allylic oxidation sites excluding steroid dienone is 1. The van der Waals surface area contributed by atoms with Crippen molar-refractivity contribution < 1.29 is 42.7 Å². The number of nitrogens with zero attached hydrogens (tertiary/aromatic N) is 3. The standard InChI is InChI=1S/C32H26N4O10/c1-16-19-10-9-18(13-22(19)45-30(40)20(16)14-25(39)46-36-23(37)11-12-24(36)38)35-28(32(42)44-3)27(31(41)43-2)26(21(15-33)29(35)34)17-7-5-4-6-8-17/h4-10,13,26H,11-12,14,34H2,1-3H3. The third-order valence-electron chi connectivity index (χ3n) is 7.66. The van der Waals surface area contributed by atoms with Gasteiger partial charge in [0.2, 0.25) is 0 Å². The molecule has 5 rings (SSSR count). The van der Waals surface area contributed by atoms with Crippen LogP contribution in [0.25, 0.3) is 11.0 Å². The molecule has 2 aliphatic rings. The van der Waals surface area contributed by atoms with Crippen LogP contribution in [-0.2, 0) is 44.7 Å². The quantitative estimate of drug-likeness (QED) is 0.227. The summed E-state index contributed by atoms with van der Waals surface area (Å²) in [6.07, 6.45) is -0.757. The molecule has 14 heteroatoms. The predicted octanol–water partition coefficient (Wildman–Crippen LogP) is 2.15. The normalized spacial score (nSPS) is 16.5. The number of hydrogen-bond donors (Lipinski definition) is 1. The van der Waals surface area contributed by atoms with E-state index in [0.29, 0.717) is 21.6 Å². The molecule has 2 N–H and O–H groups in total. The van der Waals surface area contributed by atoms with E-state index in [2.05, 4.69) is 6.07 Å². The van der Waals surface area contributed by atoms with E-state index >= 15 is 0 Å². The first-order valence-corrected chi connectivity index (χ1v) is 13.8. The largest absolute Gasteiger partial charge is 0.466 e. The van der Waals surface area contributed by atoms with Crippen LogP contribution in [0.3, 0.4) is 0 Å². The van der Waals surface area contributed by atoms with E-state index in [1.165, 1.54) is 18.2 Å². The molecule has 2 aliphatic heterocycles. The van der Waals surface area contributed by atoms with Gasteiger partial charge in [0.05, 0.1) is 55.0 Å². The highest BCUT2D eigenvalue weighted by atomic mass is 16.7. The van der Waals surface area contributed by atoms with Crippen LogP contribution in [0.15, 0.2) is 80.4 Å². The average Bonchev–Trinajstić information content (AvgIpc) is 3.37. The number of carbonyl (C=O) groups excluding carboxylic acids is 5. The first-order valence-electron chi connectivity index (χ1n) is 13.8. The van der Waals surface area contributed by atoms with Gasteiger partial charge in [0.1, 0.15) is 17.1 Å². The second kappa shape index (κ2) is 12.4. The van der Waals surface area contributed by atoms with Crippen LogP contribution in [-0.4, -0.2) is 49.0 Å². The molecular weight excluding hydrogens is 600 g/mol. The van der Waals surface area contributed by atoms with Gasteiger partial charge in [-0.05, 0) is 30.2 Å². The number of nitriles is 1. The Labute approximate surface area is 260 Å². The summed E-state index contributed by atoms with van der Waals surface area (Å²) >= 11 is 0. The molecule has 1 aromatic heterocycles. The minimum absolute atomic E-state index is 0.0161. The van der Waals surface area contributed by atoms with E-state index < -0.39 is 47.7 Å². The van der Waals surface area contributed by atoms with Gasteiger partial charge in [0, 0.05) is 24.3 Å². The fourth-order valence-corrected chi connectivity index (χ4v) is 5.44. The summed E-state index contributed by atoms with van der Waals surface area (Å²) < 4.78 is 15.6. The van der Waals surface area contributed by atoms with Crippen molar-refractivity contribution in [3.8, 4) is 6.07 Å². The molecule has 2 amide bonds. The lowest BCUT2D eigenvalue weighted by molar-refractivity contribution is -0.197. The fraction of sp³-hybridized carbons (Fsp3) is 0.219. The fourth-order valence-electron chi connectivity index (χ4n) is 5.44. The number of carbonyl (C=O) groups is 5. The summed E-state index contributed by atoms with van der Waals surface area (Å²) in [6, 6.07) is 14.9. The first-order chi connectivity index (χ1) is 22.0. The number of benzene rings is 2. The highest BCUT2D eigenvalue weighted by Gasteiger charge is 2.43. The Balaban J connectivity index is 1.62. The third kappa shape index (κ3) is 5.34. The number of hydrogen-bond acceptors (Lipinski definition) is 13. The number of nitrogens with two attached hydrogens (primary N) is 1. The number of amides is 2. The van der Waals surface area contributed by atoms with E-state index in [0.717, 1.165) is 19.1 Å². The van der Waals surface area contributed by atoms with Crippen molar-refractivity contribution in [2.45, 2.75) is 32.1 Å². The minimum atomic E-state index is -1.07. The number of ether oxygens (including phenoxy) is 2. The van der Waals surface area contributed by atoms with Crippen LogP contribution in [0.1, 0.15) is 35.4 Å². The van der Waals surface area contributed by atoms with Crippen molar-refractivity contribution >= 4 is 46.4 Å². The molecule has 0 radical (unpaired) electrons. The Kier molecular flexibility index (Phi) is 8.42. The molecule has 1 unspecified atom stereocenters. The molecular formula is C32H26N4O10. The molecule has 234 valence electrons. The minimum Gasteiger partial charge on any atom is -0.466 e. The van der Waals surface area contributed by atoms with Gasteiger partial charge in [-0.15, -0.1) is 5.06 Å². The lowest BCUT2D eigenvalue weighted by Gasteiger charge is -2.35. The van der Waals surface area contributed by atoms with Gasteiger partial charge in [-0.1, -0.05) is 30.3 Å². The van der Waals surface area contributed by atoms with E-state index in [4.69, 9.17) is 24.5 Å². The molecule has 14 nitrogen and oxygen atoms in total. The number of imide groups is 1. The number of rotatable bonds is 7.